The second-order valence-electron chi connectivity index (χ2n) is 8.61. The molecule has 0 bridgehead atoms. The van der Waals surface area contributed by atoms with E-state index in [-0.39, 0.29) is 5.91 Å². The first-order chi connectivity index (χ1) is 16.2. The van der Waals surface area contributed by atoms with E-state index in [1.54, 1.807) is 12.4 Å². The second kappa shape index (κ2) is 8.94. The summed E-state index contributed by atoms with van der Waals surface area (Å²) in [5.41, 5.74) is 4.54. The molecule has 2 heterocycles. The highest BCUT2D eigenvalue weighted by atomic mass is 16.2. The maximum atomic E-state index is 14.0. The molecule has 2 aromatic heterocycles. The van der Waals surface area contributed by atoms with Crippen molar-refractivity contribution in [3.8, 4) is 11.1 Å². The van der Waals surface area contributed by atoms with Crippen LogP contribution in [-0.4, -0.2) is 25.8 Å². The molecule has 0 spiro atoms. The Morgan fingerprint density at radius 2 is 1.58 bits per heavy atom. The molecule has 4 aromatic rings. The summed E-state index contributed by atoms with van der Waals surface area (Å²) in [6, 6.07) is 24.2. The summed E-state index contributed by atoms with van der Waals surface area (Å²) in [7, 11) is 0. The first-order valence-corrected chi connectivity index (χ1v) is 11.3. The van der Waals surface area contributed by atoms with Crippen molar-refractivity contribution >= 4 is 5.91 Å². The average molecular weight is 435 g/mol. The zero-order valence-corrected chi connectivity index (χ0v) is 18.7. The van der Waals surface area contributed by atoms with Crippen molar-refractivity contribution in [1.82, 2.24) is 19.9 Å². The standard InChI is InChI=1S/C28H26N4O/c1-21-30-18-25(23-12-16-29-17-13-23)26(31-21)20-32(19-22-8-4-2-5-9-22)27(33)28(14-15-28)24-10-6-3-7-11-24/h2-13,16-18H,14-15,19-20H2,1H3. The highest BCUT2D eigenvalue weighted by Gasteiger charge is 2.53. The van der Waals surface area contributed by atoms with E-state index in [1.165, 1.54) is 0 Å². The minimum Gasteiger partial charge on any atom is -0.332 e. The molecule has 5 rings (SSSR count). The van der Waals surface area contributed by atoms with Crippen LogP contribution in [0.5, 0.6) is 0 Å². The molecule has 0 saturated heterocycles. The molecule has 1 aliphatic carbocycles. The van der Waals surface area contributed by atoms with Gasteiger partial charge in [-0.1, -0.05) is 60.7 Å². The van der Waals surface area contributed by atoms with Crippen LogP contribution in [0.1, 0.15) is 35.5 Å². The first-order valence-electron chi connectivity index (χ1n) is 11.3. The van der Waals surface area contributed by atoms with Crippen molar-refractivity contribution in [2.45, 2.75) is 38.3 Å². The Morgan fingerprint density at radius 3 is 2.24 bits per heavy atom. The lowest BCUT2D eigenvalue weighted by molar-refractivity contribution is -0.135. The van der Waals surface area contributed by atoms with Crippen molar-refractivity contribution in [3.05, 3.63) is 114 Å². The van der Waals surface area contributed by atoms with Gasteiger partial charge in [0.25, 0.3) is 0 Å². The third kappa shape index (κ3) is 4.40. The van der Waals surface area contributed by atoms with Gasteiger partial charge in [0.15, 0.2) is 0 Å². The van der Waals surface area contributed by atoms with Crippen molar-refractivity contribution in [3.63, 3.8) is 0 Å². The fourth-order valence-electron chi connectivity index (χ4n) is 4.41. The Morgan fingerprint density at radius 1 is 0.909 bits per heavy atom. The van der Waals surface area contributed by atoms with E-state index in [4.69, 9.17) is 4.98 Å². The van der Waals surface area contributed by atoms with E-state index >= 15 is 0 Å². The van der Waals surface area contributed by atoms with Gasteiger partial charge in [0.2, 0.25) is 5.91 Å². The molecule has 1 saturated carbocycles. The Hall–Kier alpha value is -3.86. The van der Waals surface area contributed by atoms with E-state index in [9.17, 15) is 4.79 Å². The summed E-state index contributed by atoms with van der Waals surface area (Å²) in [6.07, 6.45) is 7.13. The molecule has 0 N–H and O–H groups in total. The number of nitrogens with zero attached hydrogens (tertiary/aromatic N) is 4. The Balaban J connectivity index is 1.53. The topological polar surface area (TPSA) is 59.0 Å². The van der Waals surface area contributed by atoms with Crippen molar-refractivity contribution in [1.29, 1.82) is 0 Å². The van der Waals surface area contributed by atoms with Crippen molar-refractivity contribution < 1.29 is 4.79 Å². The molecule has 5 nitrogen and oxygen atoms in total. The van der Waals surface area contributed by atoms with Gasteiger partial charge in [-0.2, -0.15) is 0 Å². The number of aromatic nitrogens is 3. The number of benzene rings is 2. The molecule has 1 fully saturated rings. The Labute approximate surface area is 194 Å². The van der Waals surface area contributed by atoms with Crippen LogP contribution in [0.3, 0.4) is 0 Å². The molecule has 0 aliphatic heterocycles. The van der Waals surface area contributed by atoms with Gasteiger partial charge in [0.05, 0.1) is 17.7 Å². The van der Waals surface area contributed by atoms with Crippen LogP contribution in [-0.2, 0) is 23.3 Å². The minimum atomic E-state index is -0.436. The number of hydrogen-bond donors (Lipinski definition) is 0. The summed E-state index contributed by atoms with van der Waals surface area (Å²) in [4.78, 5) is 29.3. The summed E-state index contributed by atoms with van der Waals surface area (Å²) < 4.78 is 0. The molecule has 0 unspecified atom stereocenters. The van der Waals surface area contributed by atoms with Gasteiger partial charge in [0.1, 0.15) is 5.82 Å². The van der Waals surface area contributed by atoms with Crippen LogP contribution in [0.2, 0.25) is 0 Å². The van der Waals surface area contributed by atoms with Gasteiger partial charge in [-0.05, 0) is 48.6 Å². The molecule has 1 amide bonds. The fourth-order valence-corrected chi connectivity index (χ4v) is 4.41. The second-order valence-corrected chi connectivity index (χ2v) is 8.61. The quantitative estimate of drug-likeness (QED) is 0.406. The highest BCUT2D eigenvalue weighted by molar-refractivity contribution is 5.91. The smallest absolute Gasteiger partial charge is 0.233 e. The number of carbonyl (C=O) groups is 1. The maximum absolute atomic E-state index is 14.0. The van der Waals surface area contributed by atoms with E-state index in [1.807, 2.05) is 66.6 Å². The lowest BCUT2D eigenvalue weighted by atomic mass is 9.93. The third-order valence-electron chi connectivity index (χ3n) is 6.31. The van der Waals surface area contributed by atoms with Gasteiger partial charge in [-0.15, -0.1) is 0 Å². The zero-order chi connectivity index (χ0) is 22.7. The first kappa shape index (κ1) is 21.0. The highest BCUT2D eigenvalue weighted by Crippen LogP contribution is 2.50. The summed E-state index contributed by atoms with van der Waals surface area (Å²) >= 11 is 0. The van der Waals surface area contributed by atoms with Gasteiger partial charge >= 0.3 is 0 Å². The van der Waals surface area contributed by atoms with Crippen molar-refractivity contribution in [2.75, 3.05) is 0 Å². The van der Waals surface area contributed by atoms with Gasteiger partial charge in [-0.25, -0.2) is 9.97 Å². The van der Waals surface area contributed by atoms with E-state index in [0.717, 1.165) is 40.8 Å². The Bertz CT molecular complexity index is 1240. The van der Waals surface area contributed by atoms with E-state index < -0.39 is 5.41 Å². The van der Waals surface area contributed by atoms with Crippen LogP contribution in [0.4, 0.5) is 0 Å². The summed E-state index contributed by atoms with van der Waals surface area (Å²) in [6.45, 7) is 2.84. The largest absolute Gasteiger partial charge is 0.332 e. The molecule has 33 heavy (non-hydrogen) atoms. The van der Waals surface area contributed by atoms with Crippen LogP contribution >= 0.6 is 0 Å². The molecular formula is C28H26N4O. The predicted molar refractivity (Wildman–Crippen MR) is 128 cm³/mol. The third-order valence-corrected chi connectivity index (χ3v) is 6.31. The number of rotatable bonds is 7. The predicted octanol–water partition coefficient (Wildman–Crippen LogP) is 5.11. The number of pyridine rings is 1. The van der Waals surface area contributed by atoms with E-state index in [0.29, 0.717) is 18.9 Å². The zero-order valence-electron chi connectivity index (χ0n) is 18.7. The molecule has 0 atom stereocenters. The normalized spacial score (nSPS) is 14.0. The number of hydrogen-bond acceptors (Lipinski definition) is 4. The molecule has 1 aliphatic rings. The average Bonchev–Trinajstić information content (AvgIpc) is 3.67. The minimum absolute atomic E-state index is 0.162. The van der Waals surface area contributed by atoms with Crippen LogP contribution in [0.15, 0.2) is 91.4 Å². The van der Waals surface area contributed by atoms with Crippen LogP contribution < -0.4 is 0 Å². The summed E-state index contributed by atoms with van der Waals surface area (Å²) in [5.74, 6) is 0.855. The van der Waals surface area contributed by atoms with Gasteiger partial charge in [0, 0.05) is 30.7 Å². The van der Waals surface area contributed by atoms with Gasteiger partial charge < -0.3 is 4.90 Å². The van der Waals surface area contributed by atoms with Crippen LogP contribution in [0, 0.1) is 6.92 Å². The molecule has 164 valence electrons. The molecule has 2 aromatic carbocycles. The maximum Gasteiger partial charge on any atom is 0.233 e. The number of aryl methyl sites for hydroxylation is 1. The van der Waals surface area contributed by atoms with Crippen LogP contribution in [0.25, 0.3) is 11.1 Å². The molecular weight excluding hydrogens is 408 g/mol. The van der Waals surface area contributed by atoms with E-state index in [2.05, 4.69) is 34.2 Å². The van der Waals surface area contributed by atoms with Crippen molar-refractivity contribution in [2.24, 2.45) is 0 Å². The fraction of sp³-hybridized carbons (Fsp3) is 0.214. The lowest BCUT2D eigenvalue weighted by Crippen LogP contribution is -2.39. The summed E-state index contributed by atoms with van der Waals surface area (Å²) in [5, 5.41) is 0. The molecule has 5 heteroatoms. The monoisotopic (exact) mass is 434 g/mol. The number of carbonyl (C=O) groups excluding carboxylic acids is 1. The Kier molecular flexibility index (Phi) is 5.69. The van der Waals surface area contributed by atoms with Gasteiger partial charge in [-0.3, -0.25) is 9.78 Å². The number of amides is 1. The lowest BCUT2D eigenvalue weighted by Gasteiger charge is -2.28. The molecule has 0 radical (unpaired) electrons. The SMILES string of the molecule is Cc1ncc(-c2ccncc2)c(CN(Cc2ccccc2)C(=O)C2(c3ccccc3)CC2)n1.